The number of hydrogen-bond acceptors (Lipinski definition) is 5. The summed E-state index contributed by atoms with van der Waals surface area (Å²) in [6.45, 7) is 3.51. The SMILES string of the molecule is Cc1ccccc1-n1c(=O)c2sccc2n(CC(=O)N2CCN(c3ccccc3F)CC2)c1=O. The van der Waals surface area contributed by atoms with E-state index in [0.717, 1.165) is 10.1 Å². The maximum Gasteiger partial charge on any atom is 0.336 e. The lowest BCUT2D eigenvalue weighted by molar-refractivity contribution is -0.132. The zero-order valence-corrected chi connectivity index (χ0v) is 19.4. The van der Waals surface area contributed by atoms with Crippen LogP contribution in [0.4, 0.5) is 10.1 Å². The van der Waals surface area contributed by atoms with Crippen molar-refractivity contribution in [1.29, 1.82) is 0 Å². The summed E-state index contributed by atoms with van der Waals surface area (Å²) in [5.41, 5.74) is 1.36. The molecule has 0 radical (unpaired) electrons. The van der Waals surface area contributed by atoms with E-state index in [9.17, 15) is 18.8 Å². The molecule has 1 fully saturated rings. The second-order valence-electron chi connectivity index (χ2n) is 8.25. The fraction of sp³-hybridized carbons (Fsp3) is 0.240. The maximum atomic E-state index is 14.1. The molecular weight excluding hydrogens is 455 g/mol. The minimum Gasteiger partial charge on any atom is -0.366 e. The van der Waals surface area contributed by atoms with Crippen LogP contribution in [0.15, 0.2) is 69.6 Å². The maximum absolute atomic E-state index is 14.1. The van der Waals surface area contributed by atoms with Crippen LogP contribution < -0.4 is 16.1 Å². The minimum atomic E-state index is -0.538. The lowest BCUT2D eigenvalue weighted by atomic mass is 10.2. The highest BCUT2D eigenvalue weighted by molar-refractivity contribution is 7.17. The third kappa shape index (κ3) is 3.81. The van der Waals surface area contributed by atoms with Gasteiger partial charge >= 0.3 is 5.69 Å². The topological polar surface area (TPSA) is 67.6 Å². The summed E-state index contributed by atoms with van der Waals surface area (Å²) in [7, 11) is 0. The molecule has 0 unspecified atom stereocenters. The Kier molecular flexibility index (Phi) is 5.79. The van der Waals surface area contributed by atoms with Crippen molar-refractivity contribution >= 4 is 33.1 Å². The monoisotopic (exact) mass is 478 g/mol. The summed E-state index contributed by atoms with van der Waals surface area (Å²) >= 11 is 1.25. The first-order valence-corrected chi connectivity index (χ1v) is 11.9. The van der Waals surface area contributed by atoms with E-state index in [1.54, 1.807) is 46.7 Å². The fourth-order valence-corrected chi connectivity index (χ4v) is 5.23. The number of hydrogen-bond donors (Lipinski definition) is 0. The van der Waals surface area contributed by atoms with Crippen LogP contribution in [0.2, 0.25) is 0 Å². The largest absolute Gasteiger partial charge is 0.366 e. The Balaban J connectivity index is 1.44. The first kappa shape index (κ1) is 22.1. The zero-order chi connectivity index (χ0) is 23.8. The number of anilines is 1. The molecule has 2 aromatic heterocycles. The predicted octanol–water partition coefficient (Wildman–Crippen LogP) is 3.01. The number of benzene rings is 2. The van der Waals surface area contributed by atoms with Gasteiger partial charge in [0.25, 0.3) is 5.56 Å². The smallest absolute Gasteiger partial charge is 0.336 e. The summed E-state index contributed by atoms with van der Waals surface area (Å²) in [4.78, 5) is 43.4. The first-order chi connectivity index (χ1) is 16.5. The van der Waals surface area contributed by atoms with Crippen LogP contribution in [0.3, 0.4) is 0 Å². The molecule has 174 valence electrons. The second kappa shape index (κ2) is 8.90. The molecule has 7 nitrogen and oxygen atoms in total. The van der Waals surface area contributed by atoms with Gasteiger partial charge in [0.2, 0.25) is 5.91 Å². The lowest BCUT2D eigenvalue weighted by Gasteiger charge is -2.36. The number of para-hydroxylation sites is 2. The summed E-state index contributed by atoms with van der Waals surface area (Å²) in [5, 5.41) is 1.75. The molecule has 3 heterocycles. The third-order valence-electron chi connectivity index (χ3n) is 6.23. The van der Waals surface area contributed by atoms with Crippen LogP contribution >= 0.6 is 11.3 Å². The highest BCUT2D eigenvalue weighted by Crippen LogP contribution is 2.21. The van der Waals surface area contributed by atoms with Gasteiger partial charge in [0.1, 0.15) is 17.1 Å². The van der Waals surface area contributed by atoms with Crippen molar-refractivity contribution in [2.24, 2.45) is 0 Å². The summed E-state index contributed by atoms with van der Waals surface area (Å²) < 4.78 is 17.1. The van der Waals surface area contributed by atoms with Gasteiger partial charge in [-0.1, -0.05) is 30.3 Å². The quantitative estimate of drug-likeness (QED) is 0.452. The zero-order valence-electron chi connectivity index (χ0n) is 18.6. The molecule has 0 N–H and O–H groups in total. The van der Waals surface area contributed by atoms with E-state index in [0.29, 0.717) is 47.8 Å². The number of carbonyl (C=O) groups excluding carboxylic acids is 1. The van der Waals surface area contributed by atoms with Crippen LogP contribution in [0.1, 0.15) is 5.56 Å². The number of nitrogens with zero attached hydrogens (tertiary/aromatic N) is 4. The molecule has 4 aromatic rings. The molecule has 34 heavy (non-hydrogen) atoms. The van der Waals surface area contributed by atoms with Gasteiger partial charge in [-0.3, -0.25) is 14.2 Å². The molecule has 9 heteroatoms. The average Bonchev–Trinajstić information content (AvgIpc) is 3.34. The highest BCUT2D eigenvalue weighted by atomic mass is 32.1. The van der Waals surface area contributed by atoms with E-state index in [1.165, 1.54) is 22.0 Å². The van der Waals surface area contributed by atoms with Gasteiger partial charge in [-0.25, -0.2) is 13.8 Å². The standard InChI is InChI=1S/C25H23FN4O3S/c1-17-6-2-4-8-19(17)30-24(32)23-21(10-15-34-23)29(25(30)33)16-22(31)28-13-11-27(12-14-28)20-9-5-3-7-18(20)26/h2-10,15H,11-14,16H2,1H3. The predicted molar refractivity (Wildman–Crippen MR) is 132 cm³/mol. The molecule has 0 bridgehead atoms. The molecule has 1 amide bonds. The van der Waals surface area contributed by atoms with Crippen molar-refractivity contribution < 1.29 is 9.18 Å². The van der Waals surface area contributed by atoms with Crippen LogP contribution in [0.5, 0.6) is 0 Å². The third-order valence-corrected chi connectivity index (χ3v) is 7.12. The number of halogens is 1. The summed E-state index contributed by atoms with van der Waals surface area (Å²) in [6, 6.07) is 15.5. The van der Waals surface area contributed by atoms with E-state index < -0.39 is 5.69 Å². The lowest BCUT2D eigenvalue weighted by Crippen LogP contribution is -2.51. The molecule has 1 saturated heterocycles. The molecule has 1 aliphatic heterocycles. The Morgan fingerprint density at radius 1 is 0.941 bits per heavy atom. The van der Waals surface area contributed by atoms with Crippen molar-refractivity contribution in [3.05, 3.63) is 92.2 Å². The number of aromatic nitrogens is 2. The van der Waals surface area contributed by atoms with E-state index >= 15 is 0 Å². The molecule has 0 atom stereocenters. The van der Waals surface area contributed by atoms with E-state index in [1.807, 2.05) is 24.0 Å². The van der Waals surface area contributed by atoms with Gasteiger partial charge in [-0.15, -0.1) is 11.3 Å². The van der Waals surface area contributed by atoms with Crippen LogP contribution in [-0.4, -0.2) is 46.1 Å². The summed E-state index contributed by atoms with van der Waals surface area (Å²) in [5.74, 6) is -0.495. The first-order valence-electron chi connectivity index (χ1n) is 11.0. The average molecular weight is 479 g/mol. The number of fused-ring (bicyclic) bond motifs is 1. The van der Waals surface area contributed by atoms with Gasteiger partial charge < -0.3 is 9.80 Å². The van der Waals surface area contributed by atoms with Crippen molar-refractivity contribution in [3.63, 3.8) is 0 Å². The Morgan fingerprint density at radius 3 is 2.32 bits per heavy atom. The summed E-state index contributed by atoms with van der Waals surface area (Å²) in [6.07, 6.45) is 0. The Morgan fingerprint density at radius 2 is 1.62 bits per heavy atom. The Bertz CT molecular complexity index is 1500. The van der Waals surface area contributed by atoms with Crippen molar-refractivity contribution in [2.75, 3.05) is 31.1 Å². The normalized spacial score (nSPS) is 14.1. The number of thiophene rings is 1. The molecule has 0 spiro atoms. The Labute approximate surface area is 198 Å². The molecular formula is C25H23FN4O3S. The number of rotatable bonds is 4. The van der Waals surface area contributed by atoms with Crippen LogP contribution in [0, 0.1) is 12.7 Å². The number of piperazine rings is 1. The fourth-order valence-electron chi connectivity index (χ4n) is 4.41. The van der Waals surface area contributed by atoms with E-state index in [-0.39, 0.29) is 23.8 Å². The van der Waals surface area contributed by atoms with E-state index in [4.69, 9.17) is 0 Å². The molecule has 0 aliphatic carbocycles. The number of aryl methyl sites for hydroxylation is 1. The Hall–Kier alpha value is -3.72. The van der Waals surface area contributed by atoms with Gasteiger partial charge in [0.05, 0.1) is 16.9 Å². The number of amides is 1. The van der Waals surface area contributed by atoms with Crippen molar-refractivity contribution in [1.82, 2.24) is 14.0 Å². The van der Waals surface area contributed by atoms with Crippen LogP contribution in [0.25, 0.3) is 15.9 Å². The molecule has 2 aromatic carbocycles. The van der Waals surface area contributed by atoms with E-state index in [2.05, 4.69) is 0 Å². The molecule has 1 aliphatic rings. The van der Waals surface area contributed by atoms with Crippen molar-refractivity contribution in [3.8, 4) is 5.69 Å². The number of carbonyl (C=O) groups is 1. The van der Waals surface area contributed by atoms with Crippen LogP contribution in [-0.2, 0) is 11.3 Å². The minimum absolute atomic E-state index is 0.169. The highest BCUT2D eigenvalue weighted by Gasteiger charge is 2.25. The second-order valence-corrected chi connectivity index (χ2v) is 9.17. The van der Waals surface area contributed by atoms with Gasteiger partial charge in [-0.2, -0.15) is 0 Å². The van der Waals surface area contributed by atoms with Gasteiger partial charge in [0.15, 0.2) is 0 Å². The van der Waals surface area contributed by atoms with Crippen molar-refractivity contribution in [2.45, 2.75) is 13.5 Å². The van der Waals surface area contributed by atoms with Gasteiger partial charge in [-0.05, 0) is 42.1 Å². The molecule has 0 saturated carbocycles. The molecule has 5 rings (SSSR count). The van der Waals surface area contributed by atoms with Gasteiger partial charge in [0, 0.05) is 26.2 Å².